The minimum Gasteiger partial charge on any atom is -0.399 e. The van der Waals surface area contributed by atoms with Crippen molar-refractivity contribution in [2.24, 2.45) is 12.8 Å². The highest BCUT2D eigenvalue weighted by Gasteiger charge is 2.19. The molecule has 12 heteroatoms. The Labute approximate surface area is 159 Å². The zero-order chi connectivity index (χ0) is 20.0. The molecule has 144 valence electrons. The number of H-pyrrole nitrogens is 1. The molecular formula is C16H14F2N8OS. The van der Waals surface area contributed by atoms with Gasteiger partial charge in [0, 0.05) is 18.9 Å². The Kier molecular flexibility index (Phi) is 4.26. The molecule has 0 aliphatic heterocycles. The van der Waals surface area contributed by atoms with Gasteiger partial charge in [-0.2, -0.15) is 10.2 Å². The molecule has 0 aromatic carbocycles. The molecule has 0 saturated carbocycles. The van der Waals surface area contributed by atoms with E-state index >= 15 is 0 Å². The zero-order valence-electron chi connectivity index (χ0n) is 14.5. The van der Waals surface area contributed by atoms with E-state index in [1.807, 2.05) is 0 Å². The van der Waals surface area contributed by atoms with E-state index in [-0.39, 0.29) is 24.4 Å². The summed E-state index contributed by atoms with van der Waals surface area (Å²) in [6.45, 7) is -0.0810. The quantitative estimate of drug-likeness (QED) is 0.435. The molecule has 4 heterocycles. The monoisotopic (exact) mass is 404 g/mol. The van der Waals surface area contributed by atoms with Gasteiger partial charge in [-0.3, -0.25) is 9.89 Å². The van der Waals surface area contributed by atoms with Crippen molar-refractivity contribution in [1.82, 2.24) is 29.5 Å². The Morgan fingerprint density at radius 3 is 2.93 bits per heavy atom. The van der Waals surface area contributed by atoms with Gasteiger partial charge in [0.2, 0.25) is 0 Å². The van der Waals surface area contributed by atoms with Gasteiger partial charge in [-0.1, -0.05) is 0 Å². The summed E-state index contributed by atoms with van der Waals surface area (Å²) in [6, 6.07) is 0. The molecule has 9 nitrogen and oxygen atoms in total. The number of nitrogens with zero attached hydrogens (tertiary/aromatic N) is 5. The molecule has 28 heavy (non-hydrogen) atoms. The van der Waals surface area contributed by atoms with Crippen molar-refractivity contribution in [2.75, 3.05) is 0 Å². The molecule has 0 bridgehead atoms. The molecular weight excluding hydrogens is 390 g/mol. The predicted molar refractivity (Wildman–Crippen MR) is 101 cm³/mol. The number of allylic oxidation sites excluding steroid dienone is 2. The molecule has 0 unspecified atom stereocenters. The number of rotatable bonds is 5. The molecule has 4 aromatic heterocycles. The van der Waals surface area contributed by atoms with Crippen LogP contribution in [-0.4, -0.2) is 35.7 Å². The van der Waals surface area contributed by atoms with Crippen LogP contribution in [0.3, 0.4) is 0 Å². The van der Waals surface area contributed by atoms with Crippen molar-refractivity contribution in [3.05, 3.63) is 50.8 Å². The Hall–Kier alpha value is -3.41. The van der Waals surface area contributed by atoms with Gasteiger partial charge in [0.25, 0.3) is 5.56 Å². The SMILES string of the molecule is Cn1c2nc(CC(N)=C(F)C=N)sc2c2cnn(Cc3[nH]ncc3F)c(=O)c21. The highest BCUT2D eigenvalue weighted by atomic mass is 32.1. The second-order valence-corrected chi connectivity index (χ2v) is 7.16. The van der Waals surface area contributed by atoms with Crippen LogP contribution in [-0.2, 0) is 20.0 Å². The van der Waals surface area contributed by atoms with E-state index in [1.54, 1.807) is 11.6 Å². The van der Waals surface area contributed by atoms with Crippen LogP contribution in [0.5, 0.6) is 0 Å². The topological polar surface area (TPSA) is 131 Å². The number of fused-ring (bicyclic) bond motifs is 3. The van der Waals surface area contributed by atoms with Gasteiger partial charge in [-0.25, -0.2) is 18.4 Å². The Morgan fingerprint density at radius 1 is 1.46 bits per heavy atom. The number of hydrogen-bond donors (Lipinski definition) is 3. The molecule has 0 amide bonds. The Bertz CT molecular complexity index is 1310. The second-order valence-electron chi connectivity index (χ2n) is 6.08. The molecule has 0 fully saturated rings. The number of nitrogens with one attached hydrogen (secondary N) is 2. The maximum Gasteiger partial charge on any atom is 0.291 e. The summed E-state index contributed by atoms with van der Waals surface area (Å²) < 4.78 is 30.5. The summed E-state index contributed by atoms with van der Waals surface area (Å²) in [5.74, 6) is -1.35. The molecule has 4 aromatic rings. The summed E-state index contributed by atoms with van der Waals surface area (Å²) in [5, 5.41) is 18.3. The van der Waals surface area contributed by atoms with Crippen LogP contribution >= 0.6 is 11.3 Å². The first-order valence-corrected chi connectivity index (χ1v) is 8.88. The average Bonchev–Trinajstić information content (AvgIpc) is 3.34. The van der Waals surface area contributed by atoms with Crippen LogP contribution in [0.25, 0.3) is 21.3 Å². The van der Waals surface area contributed by atoms with E-state index in [0.717, 1.165) is 15.6 Å². The van der Waals surface area contributed by atoms with Gasteiger partial charge < -0.3 is 15.7 Å². The molecule has 0 aliphatic rings. The smallest absolute Gasteiger partial charge is 0.291 e. The zero-order valence-corrected chi connectivity index (χ0v) is 15.3. The standard InChI is InChI=1S/C16H14F2N8OS/c1-25-13-7(4-22-26(16(13)27)6-11-9(18)5-21-24-11)14-15(25)23-12(28-14)2-10(20)8(17)3-19/h3-5,19H,2,6,20H2,1H3,(H,21,24). The fourth-order valence-electron chi connectivity index (χ4n) is 2.92. The lowest BCUT2D eigenvalue weighted by Crippen LogP contribution is -2.25. The number of halogens is 2. The van der Waals surface area contributed by atoms with Crippen LogP contribution < -0.4 is 11.3 Å². The van der Waals surface area contributed by atoms with Crippen LogP contribution in [0, 0.1) is 11.2 Å². The molecule has 0 saturated heterocycles. The lowest BCUT2D eigenvalue weighted by molar-refractivity contribution is 0.570. The second kappa shape index (κ2) is 6.64. The van der Waals surface area contributed by atoms with Gasteiger partial charge in [0.15, 0.2) is 17.3 Å². The lowest BCUT2D eigenvalue weighted by Gasteiger charge is -2.04. The van der Waals surface area contributed by atoms with Crippen molar-refractivity contribution >= 4 is 38.8 Å². The third kappa shape index (κ3) is 2.78. The number of aromatic amines is 1. The average molecular weight is 404 g/mol. The third-order valence-corrected chi connectivity index (χ3v) is 5.40. The lowest BCUT2D eigenvalue weighted by atomic mass is 10.3. The molecule has 0 atom stereocenters. The van der Waals surface area contributed by atoms with E-state index in [2.05, 4.69) is 20.3 Å². The normalized spacial score (nSPS) is 12.7. The number of nitrogens with two attached hydrogens (primary N) is 1. The first-order chi connectivity index (χ1) is 13.4. The van der Waals surface area contributed by atoms with Crippen LogP contribution in [0.15, 0.2) is 28.7 Å². The fourth-order valence-corrected chi connectivity index (χ4v) is 4.05. The maximum atomic E-state index is 13.6. The molecule has 4 N–H and O–H groups in total. The van der Waals surface area contributed by atoms with Crippen LogP contribution in [0.2, 0.25) is 0 Å². The summed E-state index contributed by atoms with van der Waals surface area (Å²) in [5.41, 5.74) is 6.23. The van der Waals surface area contributed by atoms with E-state index in [0.29, 0.717) is 27.8 Å². The van der Waals surface area contributed by atoms with Crippen molar-refractivity contribution in [1.29, 1.82) is 5.41 Å². The van der Waals surface area contributed by atoms with Crippen molar-refractivity contribution < 1.29 is 8.78 Å². The van der Waals surface area contributed by atoms with Gasteiger partial charge in [0.1, 0.15) is 10.5 Å². The largest absolute Gasteiger partial charge is 0.399 e. The fraction of sp³-hybridized carbons (Fsp3) is 0.188. The van der Waals surface area contributed by atoms with Gasteiger partial charge >= 0.3 is 0 Å². The minimum absolute atomic E-state index is 0.0612. The summed E-state index contributed by atoms with van der Waals surface area (Å²) in [7, 11) is 1.69. The predicted octanol–water partition coefficient (Wildman–Crippen LogP) is 1.59. The highest BCUT2D eigenvalue weighted by Crippen LogP contribution is 2.31. The first kappa shape index (κ1) is 18.0. The summed E-state index contributed by atoms with van der Waals surface area (Å²) in [6.07, 6.45) is 3.16. The Balaban J connectivity index is 1.80. The Morgan fingerprint density at radius 2 is 2.25 bits per heavy atom. The van der Waals surface area contributed by atoms with E-state index in [4.69, 9.17) is 11.1 Å². The van der Waals surface area contributed by atoms with E-state index < -0.39 is 17.2 Å². The minimum atomic E-state index is -0.806. The van der Waals surface area contributed by atoms with Crippen molar-refractivity contribution in [3.8, 4) is 0 Å². The van der Waals surface area contributed by atoms with Gasteiger partial charge in [-0.15, -0.1) is 11.3 Å². The van der Waals surface area contributed by atoms with Crippen LogP contribution in [0.4, 0.5) is 8.78 Å². The number of aryl methyl sites for hydroxylation is 1. The van der Waals surface area contributed by atoms with Crippen LogP contribution in [0.1, 0.15) is 10.7 Å². The maximum absolute atomic E-state index is 13.6. The van der Waals surface area contributed by atoms with E-state index in [1.165, 1.54) is 17.5 Å². The molecule has 0 radical (unpaired) electrons. The summed E-state index contributed by atoms with van der Waals surface area (Å²) >= 11 is 1.27. The van der Waals surface area contributed by atoms with Gasteiger partial charge in [-0.05, 0) is 0 Å². The van der Waals surface area contributed by atoms with Gasteiger partial charge in [0.05, 0.1) is 41.2 Å². The molecule has 4 rings (SSSR count). The number of thiazole rings is 1. The third-order valence-electron chi connectivity index (χ3n) is 4.32. The van der Waals surface area contributed by atoms with E-state index in [9.17, 15) is 13.6 Å². The number of hydrogen-bond acceptors (Lipinski definition) is 7. The highest BCUT2D eigenvalue weighted by molar-refractivity contribution is 7.19. The number of aromatic nitrogens is 6. The van der Waals surface area contributed by atoms with Crippen molar-refractivity contribution in [2.45, 2.75) is 13.0 Å². The first-order valence-electron chi connectivity index (χ1n) is 8.07. The molecule has 0 aliphatic carbocycles. The molecule has 0 spiro atoms. The summed E-state index contributed by atoms with van der Waals surface area (Å²) in [4.78, 5) is 17.3. The van der Waals surface area contributed by atoms with Crippen molar-refractivity contribution in [3.63, 3.8) is 0 Å².